The van der Waals surface area contributed by atoms with Crippen molar-refractivity contribution in [1.29, 1.82) is 0 Å². The Kier molecular flexibility index (Phi) is 5.58. The van der Waals surface area contributed by atoms with Gasteiger partial charge in [-0.05, 0) is 61.6 Å². The third-order valence-corrected chi connectivity index (χ3v) is 5.66. The van der Waals surface area contributed by atoms with Crippen LogP contribution in [0, 0.1) is 0 Å². The Hall–Kier alpha value is -2.80. The molecule has 0 atom stereocenters. The number of ether oxygens (including phenoxy) is 2. The topological polar surface area (TPSA) is 75.7 Å². The van der Waals surface area contributed by atoms with E-state index in [4.69, 9.17) is 9.47 Å². The molecule has 0 unspecified atom stereocenters. The first-order valence-electron chi connectivity index (χ1n) is 9.49. The highest BCUT2D eigenvalue weighted by molar-refractivity contribution is 9.10. The molecule has 6 nitrogen and oxygen atoms in total. The van der Waals surface area contributed by atoms with Crippen LogP contribution >= 0.6 is 15.9 Å². The van der Waals surface area contributed by atoms with Crippen molar-refractivity contribution in [2.24, 2.45) is 5.10 Å². The van der Waals surface area contributed by atoms with Gasteiger partial charge < -0.3 is 14.5 Å². The fraction of sp³-hybridized carbons (Fsp3) is 0.273. The first-order chi connectivity index (χ1) is 14.1. The van der Waals surface area contributed by atoms with Crippen LogP contribution in [-0.4, -0.2) is 31.3 Å². The number of benzene rings is 2. The van der Waals surface area contributed by atoms with Gasteiger partial charge in [-0.3, -0.25) is 4.79 Å². The molecule has 4 rings (SSSR count). The molecule has 29 heavy (non-hydrogen) atoms. The van der Waals surface area contributed by atoms with E-state index in [9.17, 15) is 4.79 Å². The van der Waals surface area contributed by atoms with E-state index in [2.05, 4.69) is 31.4 Å². The van der Waals surface area contributed by atoms with Gasteiger partial charge in [-0.2, -0.15) is 5.10 Å². The molecule has 0 saturated carbocycles. The van der Waals surface area contributed by atoms with Crippen LogP contribution in [0.2, 0.25) is 0 Å². The van der Waals surface area contributed by atoms with Gasteiger partial charge in [0.1, 0.15) is 0 Å². The van der Waals surface area contributed by atoms with Crippen molar-refractivity contribution in [2.75, 3.05) is 14.2 Å². The van der Waals surface area contributed by atoms with E-state index >= 15 is 0 Å². The predicted octanol–water partition coefficient (Wildman–Crippen LogP) is 4.59. The second-order valence-corrected chi connectivity index (χ2v) is 7.89. The lowest BCUT2D eigenvalue weighted by molar-refractivity contribution is 0.0955. The van der Waals surface area contributed by atoms with Crippen LogP contribution in [0.5, 0.6) is 11.5 Å². The number of rotatable bonds is 5. The molecular weight excluding hydrogens is 434 g/mol. The zero-order chi connectivity index (χ0) is 20.4. The Morgan fingerprint density at radius 1 is 1.17 bits per heavy atom. The lowest BCUT2D eigenvalue weighted by Gasteiger charge is -2.11. The Labute approximate surface area is 177 Å². The Morgan fingerprint density at radius 3 is 2.79 bits per heavy atom. The van der Waals surface area contributed by atoms with Crippen molar-refractivity contribution < 1.29 is 14.3 Å². The summed E-state index contributed by atoms with van der Waals surface area (Å²) in [6.45, 7) is 0. The number of aryl methyl sites for hydroxylation is 2. The van der Waals surface area contributed by atoms with E-state index in [1.165, 1.54) is 24.1 Å². The van der Waals surface area contributed by atoms with E-state index in [0.717, 1.165) is 28.2 Å². The van der Waals surface area contributed by atoms with Crippen molar-refractivity contribution in [3.63, 3.8) is 0 Å². The minimum atomic E-state index is -0.255. The number of methoxy groups -OCH3 is 2. The van der Waals surface area contributed by atoms with Gasteiger partial charge in [0.15, 0.2) is 11.5 Å². The van der Waals surface area contributed by atoms with Gasteiger partial charge in [0, 0.05) is 32.2 Å². The molecule has 1 aliphatic rings. The first kappa shape index (κ1) is 19.5. The van der Waals surface area contributed by atoms with Crippen LogP contribution in [0.4, 0.5) is 0 Å². The number of carbonyl (C=O) groups excluding carboxylic acids is 1. The van der Waals surface area contributed by atoms with Gasteiger partial charge in [0.2, 0.25) is 0 Å². The maximum atomic E-state index is 12.6. The zero-order valence-electron chi connectivity index (χ0n) is 16.3. The molecule has 0 aliphatic heterocycles. The standard InChI is InChI=1S/C22H22BrN3O3/c1-28-20-11-15(23)9-14(21(20)29-2)12-24-26-22(27)13-7-8-19-17(10-13)16-5-3-4-6-18(16)25-19/h7-12,25H,3-6H2,1-2H3,(H,26,27)/b24-12-. The van der Waals surface area contributed by atoms with Crippen molar-refractivity contribution in [1.82, 2.24) is 10.4 Å². The SMILES string of the molecule is COc1cc(Br)cc(/C=N\NC(=O)c2ccc3[nH]c4c(c3c2)CCCC4)c1OC. The second kappa shape index (κ2) is 8.29. The summed E-state index contributed by atoms with van der Waals surface area (Å²) in [5.74, 6) is 0.876. The predicted molar refractivity (Wildman–Crippen MR) is 117 cm³/mol. The lowest BCUT2D eigenvalue weighted by atomic mass is 9.95. The highest BCUT2D eigenvalue weighted by atomic mass is 79.9. The van der Waals surface area contributed by atoms with Crippen molar-refractivity contribution in [3.05, 3.63) is 57.2 Å². The molecule has 0 spiro atoms. The number of H-pyrrole nitrogens is 1. The molecule has 0 radical (unpaired) electrons. The number of hydrogen-bond donors (Lipinski definition) is 2. The molecule has 0 bridgehead atoms. The number of halogens is 1. The van der Waals surface area contributed by atoms with E-state index in [1.807, 2.05) is 30.3 Å². The largest absolute Gasteiger partial charge is 0.493 e. The fourth-order valence-electron chi connectivity index (χ4n) is 3.83. The molecule has 7 heteroatoms. The number of hydrazone groups is 1. The van der Waals surface area contributed by atoms with Crippen LogP contribution in [0.15, 0.2) is 39.9 Å². The summed E-state index contributed by atoms with van der Waals surface area (Å²) >= 11 is 3.44. The van der Waals surface area contributed by atoms with Gasteiger partial charge in [-0.1, -0.05) is 15.9 Å². The van der Waals surface area contributed by atoms with E-state index < -0.39 is 0 Å². The summed E-state index contributed by atoms with van der Waals surface area (Å²) in [5.41, 5.74) is 7.61. The molecule has 1 amide bonds. The average molecular weight is 456 g/mol. The third kappa shape index (κ3) is 3.87. The summed E-state index contributed by atoms with van der Waals surface area (Å²) < 4.78 is 11.6. The molecule has 0 saturated heterocycles. The number of aromatic nitrogens is 1. The maximum absolute atomic E-state index is 12.6. The molecule has 150 valence electrons. The zero-order valence-corrected chi connectivity index (χ0v) is 17.9. The number of nitrogens with one attached hydrogen (secondary N) is 2. The smallest absolute Gasteiger partial charge is 0.271 e. The van der Waals surface area contributed by atoms with Gasteiger partial charge in [0.25, 0.3) is 5.91 Å². The van der Waals surface area contributed by atoms with E-state index in [1.54, 1.807) is 20.4 Å². The van der Waals surface area contributed by atoms with Crippen LogP contribution in [0.25, 0.3) is 10.9 Å². The van der Waals surface area contributed by atoms with E-state index in [0.29, 0.717) is 22.6 Å². The van der Waals surface area contributed by atoms with Crippen molar-refractivity contribution >= 4 is 39.0 Å². The minimum absolute atomic E-state index is 0.255. The van der Waals surface area contributed by atoms with E-state index in [-0.39, 0.29) is 5.91 Å². The summed E-state index contributed by atoms with van der Waals surface area (Å²) in [5, 5.41) is 5.24. The number of hydrogen-bond acceptors (Lipinski definition) is 4. The Balaban J connectivity index is 1.55. The number of carbonyl (C=O) groups is 1. The molecule has 1 heterocycles. The normalized spacial score (nSPS) is 13.5. The van der Waals surface area contributed by atoms with Crippen LogP contribution in [-0.2, 0) is 12.8 Å². The average Bonchev–Trinajstić information content (AvgIpc) is 3.11. The van der Waals surface area contributed by atoms with Gasteiger partial charge in [-0.15, -0.1) is 0 Å². The molecule has 0 fully saturated rings. The number of amides is 1. The number of aromatic amines is 1. The van der Waals surface area contributed by atoms with Gasteiger partial charge >= 0.3 is 0 Å². The summed E-state index contributed by atoms with van der Waals surface area (Å²) in [7, 11) is 3.14. The summed E-state index contributed by atoms with van der Waals surface area (Å²) in [4.78, 5) is 16.1. The lowest BCUT2D eigenvalue weighted by Crippen LogP contribution is -2.17. The number of nitrogens with zero attached hydrogens (tertiary/aromatic N) is 1. The molecular formula is C22H22BrN3O3. The molecule has 2 aromatic carbocycles. The van der Waals surface area contributed by atoms with Crippen LogP contribution < -0.4 is 14.9 Å². The fourth-order valence-corrected chi connectivity index (χ4v) is 4.28. The highest BCUT2D eigenvalue weighted by Gasteiger charge is 2.17. The second-order valence-electron chi connectivity index (χ2n) is 6.98. The van der Waals surface area contributed by atoms with Gasteiger partial charge in [-0.25, -0.2) is 5.43 Å². The maximum Gasteiger partial charge on any atom is 0.271 e. The van der Waals surface area contributed by atoms with Gasteiger partial charge in [0.05, 0.1) is 20.4 Å². The minimum Gasteiger partial charge on any atom is -0.493 e. The molecule has 1 aliphatic carbocycles. The monoisotopic (exact) mass is 455 g/mol. The first-order valence-corrected chi connectivity index (χ1v) is 10.3. The third-order valence-electron chi connectivity index (χ3n) is 5.20. The number of fused-ring (bicyclic) bond motifs is 3. The molecule has 1 aromatic heterocycles. The molecule has 2 N–H and O–H groups in total. The van der Waals surface area contributed by atoms with Crippen molar-refractivity contribution in [3.8, 4) is 11.5 Å². The van der Waals surface area contributed by atoms with Crippen LogP contribution in [0.1, 0.15) is 40.0 Å². The Bertz CT molecular complexity index is 1100. The summed E-state index contributed by atoms with van der Waals surface area (Å²) in [6.07, 6.45) is 6.09. The molecule has 3 aromatic rings. The van der Waals surface area contributed by atoms with Crippen LogP contribution in [0.3, 0.4) is 0 Å². The highest BCUT2D eigenvalue weighted by Crippen LogP contribution is 2.33. The van der Waals surface area contributed by atoms with Crippen molar-refractivity contribution in [2.45, 2.75) is 25.7 Å². The quantitative estimate of drug-likeness (QED) is 0.436. The summed E-state index contributed by atoms with van der Waals surface area (Å²) in [6, 6.07) is 9.38. The Morgan fingerprint density at radius 2 is 2.00 bits per heavy atom.